The van der Waals surface area contributed by atoms with Crippen LogP contribution < -0.4 is 10.5 Å². The molecule has 6 rings (SSSR count). The lowest BCUT2D eigenvalue weighted by atomic mass is 9.73. The fourth-order valence-corrected chi connectivity index (χ4v) is 6.19. The number of hydrogen-bond acceptors (Lipinski definition) is 6. The fraction of sp³-hybridized carbons (Fsp3) is 0.458. The molecule has 0 aliphatic carbocycles. The molecule has 1 spiro atoms. The summed E-state index contributed by atoms with van der Waals surface area (Å²) in [6.45, 7) is 5.63. The van der Waals surface area contributed by atoms with E-state index >= 15 is 0 Å². The summed E-state index contributed by atoms with van der Waals surface area (Å²) >= 11 is 13.5. The van der Waals surface area contributed by atoms with Gasteiger partial charge in [0, 0.05) is 49.0 Å². The molecule has 0 atom stereocenters. The minimum absolute atomic E-state index is 0.102. The van der Waals surface area contributed by atoms with Crippen LogP contribution in [-0.4, -0.2) is 53.6 Å². The van der Waals surface area contributed by atoms with Gasteiger partial charge in [-0.15, -0.1) is 0 Å². The summed E-state index contributed by atoms with van der Waals surface area (Å²) in [5.74, 6) is -0.232. The Morgan fingerprint density at radius 3 is 2.74 bits per heavy atom. The average molecular weight is 503 g/mol. The predicted octanol–water partition coefficient (Wildman–Crippen LogP) is 3.95. The number of carbonyl (C=O) groups is 1. The second-order valence-electron chi connectivity index (χ2n) is 9.58. The van der Waals surface area contributed by atoms with Crippen molar-refractivity contribution in [2.45, 2.75) is 32.7 Å². The van der Waals surface area contributed by atoms with Crippen LogP contribution in [0.2, 0.25) is 10.0 Å². The number of rotatable bonds is 3. The standard InChI is InChI=1S/C24H24Cl2N4O4/c1-13-20-21(34-12-27-20)15(22(31)28-13)9-29-5-2-14-16(25)8-17(19(26)18(14)23(29)32)30-10-24(11-30)3-6-33-7-4-24/h8,12H,2-7,9-11H2,1H3,(H,28,31). The number of carbonyl (C=O) groups excluding carboxylic acids is 1. The van der Waals surface area contributed by atoms with Crippen molar-refractivity contribution in [3.8, 4) is 0 Å². The van der Waals surface area contributed by atoms with Crippen LogP contribution in [-0.2, 0) is 17.7 Å². The molecule has 2 fully saturated rings. The molecule has 3 aliphatic heterocycles. The molecule has 2 saturated heterocycles. The van der Waals surface area contributed by atoms with Crippen molar-refractivity contribution >= 4 is 45.9 Å². The van der Waals surface area contributed by atoms with Crippen molar-refractivity contribution in [1.82, 2.24) is 14.9 Å². The average Bonchev–Trinajstić information content (AvgIpc) is 3.29. The minimum Gasteiger partial charge on any atom is -0.443 e. The molecule has 34 heavy (non-hydrogen) atoms. The molecule has 10 heteroatoms. The number of aryl methyl sites for hydroxylation is 1. The Labute approximate surface area is 205 Å². The van der Waals surface area contributed by atoms with Crippen LogP contribution in [0.4, 0.5) is 5.69 Å². The first-order chi connectivity index (χ1) is 16.4. The van der Waals surface area contributed by atoms with Crippen molar-refractivity contribution in [2.24, 2.45) is 5.41 Å². The van der Waals surface area contributed by atoms with E-state index in [2.05, 4.69) is 14.9 Å². The highest BCUT2D eigenvalue weighted by Crippen LogP contribution is 2.47. The van der Waals surface area contributed by atoms with Crippen molar-refractivity contribution in [3.05, 3.63) is 55.2 Å². The number of hydrogen-bond donors (Lipinski definition) is 1. The molecule has 2 aromatic heterocycles. The lowest BCUT2D eigenvalue weighted by Gasteiger charge is -2.53. The SMILES string of the molecule is Cc1[nH]c(=O)c(CN2CCc3c(Cl)cc(N4CC5(CCOCC5)C4)c(Cl)c3C2=O)c2ocnc12. The molecule has 3 aromatic rings. The fourth-order valence-electron chi connectivity index (χ4n) is 5.53. The van der Waals surface area contributed by atoms with Crippen LogP contribution in [0.25, 0.3) is 11.1 Å². The number of fused-ring (bicyclic) bond motifs is 2. The van der Waals surface area contributed by atoms with Gasteiger partial charge < -0.3 is 23.9 Å². The highest BCUT2D eigenvalue weighted by Gasteiger charge is 2.45. The van der Waals surface area contributed by atoms with Gasteiger partial charge in [0.15, 0.2) is 12.0 Å². The highest BCUT2D eigenvalue weighted by atomic mass is 35.5. The van der Waals surface area contributed by atoms with E-state index < -0.39 is 0 Å². The Morgan fingerprint density at radius 1 is 1.21 bits per heavy atom. The van der Waals surface area contributed by atoms with E-state index in [4.69, 9.17) is 32.4 Å². The van der Waals surface area contributed by atoms with Gasteiger partial charge in [0.05, 0.1) is 28.4 Å². The van der Waals surface area contributed by atoms with E-state index in [1.807, 2.05) is 6.07 Å². The number of ether oxygens (including phenoxy) is 1. The molecule has 8 nitrogen and oxygen atoms in total. The van der Waals surface area contributed by atoms with E-state index in [1.165, 1.54) is 6.39 Å². The zero-order valence-electron chi connectivity index (χ0n) is 18.7. The van der Waals surface area contributed by atoms with E-state index in [0.717, 1.165) is 50.4 Å². The lowest BCUT2D eigenvalue weighted by molar-refractivity contribution is -0.000186. The van der Waals surface area contributed by atoms with Crippen LogP contribution in [0.3, 0.4) is 0 Å². The lowest BCUT2D eigenvalue weighted by Crippen LogP contribution is -2.58. The summed E-state index contributed by atoms with van der Waals surface area (Å²) < 4.78 is 11.0. The number of nitrogens with zero attached hydrogens (tertiary/aromatic N) is 3. The third-order valence-electron chi connectivity index (χ3n) is 7.50. The summed E-state index contributed by atoms with van der Waals surface area (Å²) in [4.78, 5) is 37.1. The van der Waals surface area contributed by atoms with Crippen LogP contribution in [0.1, 0.15) is 40.0 Å². The topological polar surface area (TPSA) is 91.7 Å². The summed E-state index contributed by atoms with van der Waals surface area (Å²) in [5, 5.41) is 0.986. The molecule has 0 unspecified atom stereocenters. The number of nitrogens with one attached hydrogen (secondary N) is 1. The normalized spacial score (nSPS) is 19.6. The summed E-state index contributed by atoms with van der Waals surface area (Å²) in [7, 11) is 0. The highest BCUT2D eigenvalue weighted by molar-refractivity contribution is 6.39. The van der Waals surface area contributed by atoms with Gasteiger partial charge in [-0.3, -0.25) is 9.59 Å². The van der Waals surface area contributed by atoms with Gasteiger partial charge in [-0.1, -0.05) is 23.2 Å². The zero-order chi connectivity index (χ0) is 23.6. The van der Waals surface area contributed by atoms with Crippen LogP contribution >= 0.6 is 23.2 Å². The number of H-pyrrole nitrogens is 1. The Morgan fingerprint density at radius 2 is 1.97 bits per heavy atom. The van der Waals surface area contributed by atoms with Gasteiger partial charge in [-0.2, -0.15) is 0 Å². The maximum absolute atomic E-state index is 13.6. The maximum Gasteiger partial charge on any atom is 0.257 e. The smallest absolute Gasteiger partial charge is 0.257 e. The molecule has 1 N–H and O–H groups in total. The number of amides is 1. The van der Waals surface area contributed by atoms with E-state index in [9.17, 15) is 9.59 Å². The quantitative estimate of drug-likeness (QED) is 0.582. The largest absolute Gasteiger partial charge is 0.443 e. The molecular formula is C24H24Cl2N4O4. The third-order valence-corrected chi connectivity index (χ3v) is 8.22. The molecule has 178 valence electrons. The molecule has 1 amide bonds. The van der Waals surface area contributed by atoms with Gasteiger partial charge in [-0.05, 0) is 37.8 Å². The Hall–Kier alpha value is -2.55. The first kappa shape index (κ1) is 21.9. The third kappa shape index (κ3) is 3.34. The van der Waals surface area contributed by atoms with Crippen LogP contribution in [0, 0.1) is 12.3 Å². The number of pyridine rings is 1. The van der Waals surface area contributed by atoms with Crippen molar-refractivity contribution in [1.29, 1.82) is 0 Å². The Kier molecular flexibility index (Phi) is 5.17. The van der Waals surface area contributed by atoms with Gasteiger partial charge in [0.25, 0.3) is 11.5 Å². The van der Waals surface area contributed by atoms with Gasteiger partial charge in [0.2, 0.25) is 0 Å². The molecule has 0 radical (unpaired) electrons. The number of anilines is 1. The van der Waals surface area contributed by atoms with E-state index in [-0.39, 0.29) is 23.4 Å². The van der Waals surface area contributed by atoms with Crippen molar-refractivity contribution < 1.29 is 13.9 Å². The molecule has 0 saturated carbocycles. The zero-order valence-corrected chi connectivity index (χ0v) is 20.3. The van der Waals surface area contributed by atoms with Crippen LogP contribution in [0.15, 0.2) is 21.7 Å². The number of aromatic nitrogens is 2. The summed E-state index contributed by atoms with van der Waals surface area (Å²) in [6.07, 6.45) is 3.94. The monoisotopic (exact) mass is 502 g/mol. The number of aromatic amines is 1. The number of oxazole rings is 1. The summed E-state index contributed by atoms with van der Waals surface area (Å²) in [6, 6.07) is 1.89. The molecule has 0 bridgehead atoms. The number of benzene rings is 1. The molecule has 3 aliphatic rings. The van der Waals surface area contributed by atoms with E-state index in [0.29, 0.717) is 50.9 Å². The van der Waals surface area contributed by atoms with Gasteiger partial charge >= 0.3 is 0 Å². The maximum atomic E-state index is 13.6. The minimum atomic E-state index is -0.291. The number of halogens is 2. The van der Waals surface area contributed by atoms with Crippen LogP contribution in [0.5, 0.6) is 0 Å². The second kappa shape index (κ2) is 8.00. The van der Waals surface area contributed by atoms with Gasteiger partial charge in [0.1, 0.15) is 5.52 Å². The van der Waals surface area contributed by atoms with Crippen molar-refractivity contribution in [2.75, 3.05) is 37.7 Å². The first-order valence-electron chi connectivity index (χ1n) is 11.4. The first-order valence-corrected chi connectivity index (χ1v) is 12.2. The Balaban J connectivity index is 1.32. The molecular weight excluding hydrogens is 479 g/mol. The van der Waals surface area contributed by atoms with Crippen molar-refractivity contribution in [3.63, 3.8) is 0 Å². The van der Waals surface area contributed by atoms with Gasteiger partial charge in [-0.25, -0.2) is 4.98 Å². The second-order valence-corrected chi connectivity index (χ2v) is 10.4. The molecule has 1 aromatic carbocycles. The molecule has 5 heterocycles. The van der Waals surface area contributed by atoms with E-state index in [1.54, 1.807) is 11.8 Å². The Bertz CT molecular complexity index is 1370. The predicted molar refractivity (Wildman–Crippen MR) is 129 cm³/mol. The summed E-state index contributed by atoms with van der Waals surface area (Å²) in [5.41, 5.74) is 3.95.